The van der Waals surface area contributed by atoms with E-state index in [4.69, 9.17) is 0 Å². The maximum atomic E-state index is 13.2. The topological polar surface area (TPSA) is 84.6 Å². The van der Waals surface area contributed by atoms with Crippen molar-refractivity contribution < 1.29 is 61.5 Å². The molecule has 6 aromatic carbocycles. The van der Waals surface area contributed by atoms with Crippen LogP contribution < -0.4 is 0 Å². The quantitative estimate of drug-likeness (QED) is 0.0419. The molecule has 0 amide bonds. The number of nitrogens with zero attached hydrogens (tertiary/aromatic N) is 6. The van der Waals surface area contributed by atoms with Crippen molar-refractivity contribution >= 4 is 23.5 Å². The Morgan fingerprint density at radius 1 is 0.322 bits per heavy atom. The van der Waals surface area contributed by atoms with Gasteiger partial charge in [-0.05, 0) is 31.9 Å². The van der Waals surface area contributed by atoms with E-state index < -0.39 is 80.5 Å². The minimum Gasteiger partial charge on any atom is -0.680 e. The number of alkyl halides is 14. The molecule has 0 saturated carbocycles. The number of benzene rings is 6. The minimum atomic E-state index is -3.50. The van der Waals surface area contributed by atoms with E-state index in [1.807, 2.05) is 78.9 Å². The molecule has 0 aliphatic rings. The molecule has 0 fully saturated rings. The standard InChI is InChI=1S/C13H14F4N.C12H14F4N.C12H14F2N.C11H14F2N.C10H12F2N.C9H12N/c1-3-10-4-6-11(7-5-10)18-9-13(16,17)8-12(2,14)15;1-11(13,14)8-12(15,16)9-17-7-10-5-3-2-4-6-10;1-3-10-5-7-11(8-6-10)15-9-12(13,14)4-2;1-2-11(12,13)9-14-8-10-6-4-3-5-7-10;1-10(11,12)8-13-7-9-5-3-2-4-6-9;1-2-10-8-9-6-4-3-5-7-9/h3-7H,1,8-9H2,2H3;2-6H,7-9H2,1H3;3,5-8H,1,4,9H2,2H3;3-7H,2,8-9H2,1H3;2-6H,7-8H2,1H3;3-7H,2,8H2,1H3/q6*-1. The van der Waals surface area contributed by atoms with E-state index in [1.54, 1.807) is 78.9 Å². The van der Waals surface area contributed by atoms with Crippen molar-refractivity contribution in [2.45, 2.75) is 135 Å². The molecule has 0 heterocycles. The van der Waals surface area contributed by atoms with Crippen LogP contribution in [-0.2, 0) is 26.2 Å². The zero-order chi connectivity index (χ0) is 65.5. The smallest absolute Gasteiger partial charge is 0.251 e. The van der Waals surface area contributed by atoms with Crippen molar-refractivity contribution in [3.63, 3.8) is 0 Å². The van der Waals surface area contributed by atoms with Gasteiger partial charge >= 0.3 is 0 Å². The van der Waals surface area contributed by atoms with E-state index in [-0.39, 0.29) is 25.9 Å². The maximum Gasteiger partial charge on any atom is 0.251 e. The summed E-state index contributed by atoms with van der Waals surface area (Å²) < 4.78 is 178. The molecule has 6 rings (SSSR count). The highest BCUT2D eigenvalue weighted by Crippen LogP contribution is 2.34. The molecule has 20 heteroatoms. The number of hydrogen-bond donors (Lipinski definition) is 0. The minimum absolute atomic E-state index is 0.117. The Bertz CT molecular complexity index is 2670. The molecule has 0 radical (unpaired) electrons. The first kappa shape index (κ1) is 78.3. The average Bonchev–Trinajstić information content (AvgIpc) is 3.38. The van der Waals surface area contributed by atoms with Crippen LogP contribution in [0.5, 0.6) is 0 Å². The average molecular weight is 1240 g/mol. The van der Waals surface area contributed by atoms with Gasteiger partial charge < -0.3 is 31.9 Å². The first-order chi connectivity index (χ1) is 40.7. The van der Waals surface area contributed by atoms with Crippen LogP contribution >= 0.6 is 0 Å². The summed E-state index contributed by atoms with van der Waals surface area (Å²) in [7, 11) is 0. The summed E-state index contributed by atoms with van der Waals surface area (Å²) in [6, 6.07) is 51.3. The van der Waals surface area contributed by atoms with E-state index in [1.165, 1.54) is 31.5 Å². The highest BCUT2D eigenvalue weighted by Gasteiger charge is 2.38. The first-order valence-corrected chi connectivity index (χ1v) is 27.9. The molecule has 0 aliphatic carbocycles. The van der Waals surface area contributed by atoms with Gasteiger partial charge in [-0.25, -0.2) is 61.5 Å². The molecule has 6 aromatic rings. The van der Waals surface area contributed by atoms with Crippen molar-refractivity contribution in [1.29, 1.82) is 0 Å². The fourth-order valence-electron chi connectivity index (χ4n) is 6.74. The highest BCUT2D eigenvalue weighted by molar-refractivity contribution is 5.57. The molecule has 0 bridgehead atoms. The molecular formula is C67H80F14N6-6. The van der Waals surface area contributed by atoms with Gasteiger partial charge in [0.15, 0.2) is 0 Å². The molecule has 0 spiro atoms. The molecule has 0 unspecified atom stereocenters. The molecule has 6 nitrogen and oxygen atoms in total. The van der Waals surface area contributed by atoms with Gasteiger partial charge in [-0.15, -0.1) is 37.6 Å². The van der Waals surface area contributed by atoms with Gasteiger partial charge in [0.05, 0.1) is 12.8 Å². The maximum absolute atomic E-state index is 13.2. The fourth-order valence-corrected chi connectivity index (χ4v) is 6.74. The third-order valence-corrected chi connectivity index (χ3v) is 11.3. The van der Waals surface area contributed by atoms with Crippen LogP contribution in [0.1, 0.15) is 101 Å². The molecule has 0 saturated heterocycles. The monoisotopic (exact) mass is 1230 g/mol. The van der Waals surface area contributed by atoms with Crippen LogP contribution in [0.15, 0.2) is 183 Å². The lowest BCUT2D eigenvalue weighted by Gasteiger charge is -2.29. The van der Waals surface area contributed by atoms with Crippen molar-refractivity contribution in [2.24, 2.45) is 0 Å². The van der Waals surface area contributed by atoms with Gasteiger partial charge in [0.2, 0.25) is 29.6 Å². The second kappa shape index (κ2) is 40.7. The van der Waals surface area contributed by atoms with Crippen LogP contribution in [0.25, 0.3) is 44.1 Å². The van der Waals surface area contributed by atoms with Gasteiger partial charge in [-0.1, -0.05) is 271 Å². The fraction of sp³-hybridized carbons (Fsp3) is 0.403. The number of hydrogen-bond acceptors (Lipinski definition) is 0. The lowest BCUT2D eigenvalue weighted by atomic mass is 10.1. The van der Waals surface area contributed by atoms with Crippen molar-refractivity contribution in [2.75, 3.05) is 39.3 Å². The zero-order valence-corrected chi connectivity index (χ0v) is 50.1. The summed E-state index contributed by atoms with van der Waals surface area (Å²) in [5.74, 6) is -21.7. The predicted octanol–water partition coefficient (Wildman–Crippen LogP) is 23.0. The van der Waals surface area contributed by atoms with E-state index in [0.717, 1.165) is 47.8 Å². The van der Waals surface area contributed by atoms with Crippen molar-refractivity contribution in [3.05, 3.63) is 248 Å². The van der Waals surface area contributed by atoms with Gasteiger partial charge in [-0.3, -0.25) is 0 Å². The summed E-state index contributed by atoms with van der Waals surface area (Å²) >= 11 is 0. The first-order valence-electron chi connectivity index (χ1n) is 27.9. The second-order valence-corrected chi connectivity index (χ2v) is 20.2. The van der Waals surface area contributed by atoms with Gasteiger partial charge in [0, 0.05) is 12.8 Å². The molecule has 87 heavy (non-hydrogen) atoms. The Kier molecular flexibility index (Phi) is 36.6. The molecule has 482 valence electrons. The van der Waals surface area contributed by atoms with Gasteiger partial charge in [0.25, 0.3) is 11.8 Å². The molecular weight excluding hydrogens is 1150 g/mol. The second-order valence-electron chi connectivity index (χ2n) is 20.2. The summed E-state index contributed by atoms with van der Waals surface area (Å²) in [6.07, 6.45) is 0.0273. The summed E-state index contributed by atoms with van der Waals surface area (Å²) in [5, 5.41) is 22.9. The predicted molar refractivity (Wildman–Crippen MR) is 329 cm³/mol. The van der Waals surface area contributed by atoms with E-state index in [2.05, 4.69) is 64.1 Å². The summed E-state index contributed by atoms with van der Waals surface area (Å²) in [4.78, 5) is 0. The molecule has 0 atom stereocenters. The Hall–Kier alpha value is -6.74. The molecule has 0 N–H and O–H groups in total. The lowest BCUT2D eigenvalue weighted by Crippen LogP contribution is -2.29. The molecule has 0 aliphatic heterocycles. The Balaban J connectivity index is 0.000000526. The van der Waals surface area contributed by atoms with Crippen LogP contribution in [0, 0.1) is 0 Å². The Morgan fingerprint density at radius 3 is 0.862 bits per heavy atom. The van der Waals surface area contributed by atoms with Crippen molar-refractivity contribution in [3.8, 4) is 0 Å². The third kappa shape index (κ3) is 43.5. The Labute approximate surface area is 505 Å². The van der Waals surface area contributed by atoms with E-state index >= 15 is 0 Å². The normalized spacial score (nSPS) is 11.7. The lowest BCUT2D eigenvalue weighted by molar-refractivity contribution is -0.0929. The SMILES string of the molecule is C=Cc1ccc([N-]CC(F)(F)CC(C)(F)F)cc1.C=Cc1ccc([N-]CC(F)(F)CC)cc1.CC(F)(F)CC(F)(F)C[N-]Cc1ccccc1.CC(F)(F)C[N-]Cc1ccccc1.CCC(F)(F)C[N-]Cc1ccccc1.CC[N-]Cc1ccccc1. The number of halogens is 14. The Morgan fingerprint density at radius 2 is 0.586 bits per heavy atom. The third-order valence-electron chi connectivity index (χ3n) is 11.3. The summed E-state index contributed by atoms with van der Waals surface area (Å²) in [6.45, 7) is 13.6. The largest absolute Gasteiger partial charge is 0.680 e. The van der Waals surface area contributed by atoms with Crippen LogP contribution in [0.3, 0.4) is 0 Å². The van der Waals surface area contributed by atoms with E-state index in [0.29, 0.717) is 38.3 Å². The van der Waals surface area contributed by atoms with Crippen LogP contribution in [0.2, 0.25) is 0 Å². The highest BCUT2D eigenvalue weighted by atomic mass is 19.3. The zero-order valence-electron chi connectivity index (χ0n) is 50.1. The van der Waals surface area contributed by atoms with Crippen LogP contribution in [0.4, 0.5) is 72.8 Å². The van der Waals surface area contributed by atoms with Gasteiger partial charge in [-0.2, -0.15) is 6.54 Å². The molecule has 0 aromatic heterocycles. The van der Waals surface area contributed by atoms with Crippen LogP contribution in [-0.4, -0.2) is 80.7 Å². The summed E-state index contributed by atoms with van der Waals surface area (Å²) in [5.41, 5.74) is 6.72. The van der Waals surface area contributed by atoms with Crippen molar-refractivity contribution in [1.82, 2.24) is 0 Å². The van der Waals surface area contributed by atoms with Gasteiger partial charge in [0.1, 0.15) is 0 Å². The number of rotatable bonds is 29. The van der Waals surface area contributed by atoms with E-state index in [9.17, 15) is 61.5 Å².